The summed E-state index contributed by atoms with van der Waals surface area (Å²) in [5.74, 6) is 0.610. The number of rotatable bonds is 5. The Morgan fingerprint density at radius 3 is 3.12 bits per heavy atom. The second-order valence-electron chi connectivity index (χ2n) is 3.29. The van der Waals surface area contributed by atoms with E-state index in [1.54, 1.807) is 4.68 Å². The molecule has 2 aromatic rings. The first kappa shape index (κ1) is 10.9. The fourth-order valence-corrected chi connectivity index (χ4v) is 1.78. The van der Waals surface area contributed by atoms with Gasteiger partial charge in [0.2, 0.25) is 0 Å². The molecule has 84 valence electrons. The molecule has 0 unspecified atom stereocenters. The van der Waals surface area contributed by atoms with E-state index in [-0.39, 0.29) is 12.2 Å². The lowest BCUT2D eigenvalue weighted by Crippen LogP contribution is -2.11. The van der Waals surface area contributed by atoms with Crippen LogP contribution in [0.1, 0.15) is 29.7 Å². The first-order valence-corrected chi connectivity index (χ1v) is 5.71. The van der Waals surface area contributed by atoms with E-state index in [9.17, 15) is 4.79 Å². The van der Waals surface area contributed by atoms with E-state index in [0.29, 0.717) is 11.5 Å². The van der Waals surface area contributed by atoms with Crippen molar-refractivity contribution >= 4 is 17.5 Å². The Bertz CT molecular complexity index is 464. The van der Waals surface area contributed by atoms with Crippen molar-refractivity contribution in [2.24, 2.45) is 0 Å². The Morgan fingerprint density at radius 1 is 1.56 bits per heavy atom. The van der Waals surface area contributed by atoms with Crippen LogP contribution in [0.25, 0.3) is 0 Å². The standard InChI is InChI=1S/C9H11N5OS/c1-2-3-14-9(10-6-11-14)4-8(15)7-5-12-16-13-7/h5-6H,2-4H2,1H3. The summed E-state index contributed by atoms with van der Waals surface area (Å²) >= 11 is 1.03. The van der Waals surface area contributed by atoms with Crippen LogP contribution in [0.15, 0.2) is 12.5 Å². The maximum Gasteiger partial charge on any atom is 0.191 e. The summed E-state index contributed by atoms with van der Waals surface area (Å²) in [5.41, 5.74) is 0.399. The summed E-state index contributed by atoms with van der Waals surface area (Å²) in [4.78, 5) is 15.8. The third kappa shape index (κ3) is 2.30. The van der Waals surface area contributed by atoms with Gasteiger partial charge in [-0.3, -0.25) is 4.79 Å². The van der Waals surface area contributed by atoms with Gasteiger partial charge < -0.3 is 0 Å². The lowest BCUT2D eigenvalue weighted by molar-refractivity contribution is 0.0985. The second kappa shape index (κ2) is 4.93. The van der Waals surface area contributed by atoms with Crippen molar-refractivity contribution in [2.45, 2.75) is 26.3 Å². The van der Waals surface area contributed by atoms with E-state index >= 15 is 0 Å². The number of hydrogen-bond donors (Lipinski definition) is 0. The third-order valence-corrected chi connectivity index (χ3v) is 2.57. The minimum atomic E-state index is -0.0703. The van der Waals surface area contributed by atoms with Gasteiger partial charge in [0.15, 0.2) is 5.78 Å². The van der Waals surface area contributed by atoms with Crippen LogP contribution >= 0.6 is 11.7 Å². The molecule has 0 aromatic carbocycles. The summed E-state index contributed by atoms with van der Waals surface area (Å²) in [6.07, 6.45) is 4.14. The van der Waals surface area contributed by atoms with Crippen molar-refractivity contribution in [3.63, 3.8) is 0 Å². The molecule has 0 aliphatic rings. The number of aryl methyl sites for hydroxylation is 1. The van der Waals surface area contributed by atoms with Crippen molar-refractivity contribution in [3.8, 4) is 0 Å². The Morgan fingerprint density at radius 2 is 2.44 bits per heavy atom. The maximum atomic E-state index is 11.8. The van der Waals surface area contributed by atoms with Gasteiger partial charge in [-0.1, -0.05) is 6.92 Å². The first-order chi connectivity index (χ1) is 7.81. The summed E-state index contributed by atoms with van der Waals surface area (Å²) < 4.78 is 9.44. The average molecular weight is 237 g/mol. The van der Waals surface area contributed by atoms with Crippen molar-refractivity contribution in [3.05, 3.63) is 24.0 Å². The van der Waals surface area contributed by atoms with Crippen molar-refractivity contribution in [1.29, 1.82) is 0 Å². The molecular weight excluding hydrogens is 226 g/mol. The molecule has 0 N–H and O–H groups in total. The van der Waals surface area contributed by atoms with Gasteiger partial charge in [-0.2, -0.15) is 13.8 Å². The average Bonchev–Trinajstić information content (AvgIpc) is 2.90. The highest BCUT2D eigenvalue weighted by Gasteiger charge is 2.13. The Labute approximate surface area is 96.7 Å². The number of nitrogens with zero attached hydrogens (tertiary/aromatic N) is 5. The highest BCUT2D eigenvalue weighted by molar-refractivity contribution is 6.99. The molecule has 0 radical (unpaired) electrons. The van der Waals surface area contributed by atoms with Crippen molar-refractivity contribution in [1.82, 2.24) is 23.5 Å². The zero-order valence-electron chi connectivity index (χ0n) is 8.83. The molecule has 0 spiro atoms. The predicted molar refractivity (Wildman–Crippen MR) is 58.3 cm³/mol. The van der Waals surface area contributed by atoms with Gasteiger partial charge in [0.1, 0.15) is 17.8 Å². The van der Waals surface area contributed by atoms with E-state index in [0.717, 1.165) is 24.7 Å². The van der Waals surface area contributed by atoms with Crippen molar-refractivity contribution < 1.29 is 4.79 Å². The van der Waals surface area contributed by atoms with E-state index < -0.39 is 0 Å². The van der Waals surface area contributed by atoms with Crippen LogP contribution in [0.4, 0.5) is 0 Å². The second-order valence-corrected chi connectivity index (χ2v) is 3.85. The zero-order chi connectivity index (χ0) is 11.4. The number of aromatic nitrogens is 5. The van der Waals surface area contributed by atoms with E-state index in [1.807, 2.05) is 0 Å². The van der Waals surface area contributed by atoms with Gasteiger partial charge in [0.25, 0.3) is 0 Å². The van der Waals surface area contributed by atoms with Gasteiger partial charge in [0.05, 0.1) is 24.3 Å². The molecule has 2 rings (SSSR count). The summed E-state index contributed by atoms with van der Waals surface area (Å²) in [5, 5.41) is 4.06. The molecule has 0 saturated heterocycles. The Kier molecular flexibility index (Phi) is 3.35. The number of carbonyl (C=O) groups is 1. The number of ketones is 1. The minimum absolute atomic E-state index is 0.0703. The quantitative estimate of drug-likeness (QED) is 0.724. The van der Waals surface area contributed by atoms with Gasteiger partial charge in [-0.25, -0.2) is 9.67 Å². The largest absolute Gasteiger partial charge is 0.292 e. The van der Waals surface area contributed by atoms with Crippen LogP contribution in [0.2, 0.25) is 0 Å². The highest BCUT2D eigenvalue weighted by Crippen LogP contribution is 2.04. The number of hydrogen-bond acceptors (Lipinski definition) is 6. The molecule has 0 fully saturated rings. The fraction of sp³-hybridized carbons (Fsp3) is 0.444. The molecular formula is C9H11N5OS. The topological polar surface area (TPSA) is 73.6 Å². The zero-order valence-corrected chi connectivity index (χ0v) is 9.65. The van der Waals surface area contributed by atoms with E-state index in [1.165, 1.54) is 12.5 Å². The molecule has 7 heteroatoms. The van der Waals surface area contributed by atoms with Gasteiger partial charge in [0, 0.05) is 6.54 Å². The molecule has 0 saturated carbocycles. The Balaban J connectivity index is 2.09. The lowest BCUT2D eigenvalue weighted by atomic mass is 10.2. The molecule has 2 heterocycles. The van der Waals surface area contributed by atoms with Crippen LogP contribution in [-0.2, 0) is 13.0 Å². The Hall–Kier alpha value is -1.63. The highest BCUT2D eigenvalue weighted by atomic mass is 32.1. The first-order valence-electron chi connectivity index (χ1n) is 4.98. The molecule has 0 atom stereocenters. The summed E-state index contributed by atoms with van der Waals surface area (Å²) in [7, 11) is 0. The molecule has 0 aliphatic heterocycles. The van der Waals surface area contributed by atoms with Crippen LogP contribution in [0.5, 0.6) is 0 Å². The molecule has 16 heavy (non-hydrogen) atoms. The monoisotopic (exact) mass is 237 g/mol. The van der Waals surface area contributed by atoms with E-state index in [4.69, 9.17) is 0 Å². The predicted octanol–water partition coefficient (Wildman–Crippen LogP) is 0.965. The fourth-order valence-electron chi connectivity index (χ4n) is 1.35. The van der Waals surface area contributed by atoms with E-state index in [2.05, 4.69) is 25.8 Å². The van der Waals surface area contributed by atoms with Crippen LogP contribution in [-0.4, -0.2) is 29.3 Å². The molecule has 0 amide bonds. The normalized spacial score (nSPS) is 10.6. The molecule has 0 bridgehead atoms. The SMILES string of the molecule is CCCn1ncnc1CC(=O)c1cnsn1. The minimum Gasteiger partial charge on any atom is -0.292 e. The van der Waals surface area contributed by atoms with Gasteiger partial charge in [-0.15, -0.1) is 0 Å². The van der Waals surface area contributed by atoms with Gasteiger partial charge >= 0.3 is 0 Å². The summed E-state index contributed by atoms with van der Waals surface area (Å²) in [6, 6.07) is 0. The van der Waals surface area contributed by atoms with Gasteiger partial charge in [-0.05, 0) is 6.42 Å². The number of Topliss-reactive ketones (excluding diaryl/α,β-unsaturated/α-hetero) is 1. The number of carbonyl (C=O) groups excluding carboxylic acids is 1. The lowest BCUT2D eigenvalue weighted by Gasteiger charge is -2.02. The maximum absolute atomic E-state index is 11.8. The smallest absolute Gasteiger partial charge is 0.191 e. The van der Waals surface area contributed by atoms with Crippen LogP contribution in [0.3, 0.4) is 0 Å². The summed E-state index contributed by atoms with van der Waals surface area (Å²) in [6.45, 7) is 2.83. The van der Waals surface area contributed by atoms with Crippen molar-refractivity contribution in [2.75, 3.05) is 0 Å². The molecule has 6 nitrogen and oxygen atoms in total. The molecule has 0 aliphatic carbocycles. The van der Waals surface area contributed by atoms with Crippen LogP contribution < -0.4 is 0 Å². The molecule has 2 aromatic heterocycles. The third-order valence-electron chi connectivity index (χ3n) is 2.10. The van der Waals surface area contributed by atoms with Crippen LogP contribution in [0, 0.1) is 0 Å².